The van der Waals surface area contributed by atoms with Crippen LogP contribution in [0.2, 0.25) is 5.02 Å². The zero-order valence-corrected chi connectivity index (χ0v) is 17.2. The molecule has 0 radical (unpaired) electrons. The molecular formula is C18H17ClN6O3S. The number of benzene rings is 2. The van der Waals surface area contributed by atoms with E-state index in [9.17, 15) is 0 Å². The van der Waals surface area contributed by atoms with E-state index in [1.807, 2.05) is 23.2 Å². The molecule has 0 amide bonds. The van der Waals surface area contributed by atoms with Crippen LogP contribution in [0.25, 0.3) is 0 Å². The first-order valence-corrected chi connectivity index (χ1v) is 9.37. The van der Waals surface area contributed by atoms with Crippen LogP contribution in [0, 0.1) is 11.3 Å². The van der Waals surface area contributed by atoms with Crippen LogP contribution in [0.1, 0.15) is 11.1 Å². The van der Waals surface area contributed by atoms with Crippen molar-refractivity contribution < 1.29 is 13.5 Å². The van der Waals surface area contributed by atoms with E-state index in [1.165, 1.54) is 5.06 Å². The summed E-state index contributed by atoms with van der Waals surface area (Å²) in [5.41, 5.74) is 2.38. The Morgan fingerprint density at radius 1 is 1.14 bits per heavy atom. The summed E-state index contributed by atoms with van der Waals surface area (Å²) in [7, 11) is 3.36. The molecule has 0 aliphatic rings. The number of rotatable bonds is 9. The first kappa shape index (κ1) is 20.9. The molecule has 2 aromatic carbocycles. The van der Waals surface area contributed by atoms with Crippen molar-refractivity contribution in [3.63, 3.8) is 0 Å². The second-order valence-electron chi connectivity index (χ2n) is 5.93. The van der Waals surface area contributed by atoms with Gasteiger partial charge in [0.25, 0.3) is 12.3 Å². The monoisotopic (exact) mass is 432 g/mol. The number of halogens is 1. The first-order chi connectivity index (χ1) is 14.1. The number of anilines is 1. The maximum absolute atomic E-state index is 9.01. The lowest BCUT2D eigenvalue weighted by molar-refractivity contribution is -0.342. The number of hydrogen-bond acceptors (Lipinski definition) is 9. The average molecular weight is 433 g/mol. The third-order valence-electron chi connectivity index (χ3n) is 3.64. The molecule has 1 heterocycles. The predicted molar refractivity (Wildman–Crippen MR) is 108 cm³/mol. The van der Waals surface area contributed by atoms with E-state index in [0.29, 0.717) is 35.2 Å². The molecule has 11 heteroatoms. The van der Waals surface area contributed by atoms with Crippen molar-refractivity contribution in [2.75, 3.05) is 19.1 Å². The molecule has 150 valence electrons. The molecule has 0 bridgehead atoms. The van der Waals surface area contributed by atoms with Gasteiger partial charge in [0.15, 0.2) is 5.75 Å². The molecule has 3 rings (SSSR count). The molecular weight excluding hydrogens is 416 g/mol. The summed E-state index contributed by atoms with van der Waals surface area (Å²) in [6.07, 6.45) is 3.19. The minimum atomic E-state index is 0.423. The first-order valence-electron chi connectivity index (χ1n) is 8.33. The SMILES string of the molecule is CN(C)OOSOc1ccc(CN(c2ccc(C#N)cc2)n2cnnc2)cc1Cl. The van der Waals surface area contributed by atoms with E-state index >= 15 is 0 Å². The van der Waals surface area contributed by atoms with Gasteiger partial charge in [0.1, 0.15) is 12.7 Å². The molecule has 0 fully saturated rings. The van der Waals surface area contributed by atoms with Crippen LogP contribution < -0.4 is 9.19 Å². The van der Waals surface area contributed by atoms with Crippen molar-refractivity contribution in [1.82, 2.24) is 19.9 Å². The molecule has 0 saturated carbocycles. The van der Waals surface area contributed by atoms with Gasteiger partial charge in [-0.05, 0) is 42.0 Å². The summed E-state index contributed by atoms with van der Waals surface area (Å²) in [5.74, 6) is 0.442. The lowest BCUT2D eigenvalue weighted by Crippen LogP contribution is -2.27. The summed E-state index contributed by atoms with van der Waals surface area (Å²) < 4.78 is 11.9. The van der Waals surface area contributed by atoms with Gasteiger partial charge in [0.2, 0.25) is 0 Å². The lowest BCUT2D eigenvalue weighted by atomic mass is 10.2. The van der Waals surface area contributed by atoms with E-state index in [2.05, 4.69) is 16.3 Å². The minimum absolute atomic E-state index is 0.423. The maximum atomic E-state index is 9.01. The topological polar surface area (TPSA) is 88.7 Å². The summed E-state index contributed by atoms with van der Waals surface area (Å²) in [4.78, 5) is 4.77. The van der Waals surface area contributed by atoms with Crippen LogP contribution in [-0.4, -0.2) is 34.0 Å². The molecule has 1 aromatic heterocycles. The molecule has 0 aliphatic carbocycles. The Kier molecular flexibility index (Phi) is 7.29. The average Bonchev–Trinajstić information content (AvgIpc) is 3.25. The summed E-state index contributed by atoms with van der Waals surface area (Å²) in [5, 5.41) is 20.5. The normalized spacial score (nSPS) is 10.7. The second kappa shape index (κ2) is 10.1. The van der Waals surface area contributed by atoms with Crippen LogP contribution >= 0.6 is 23.9 Å². The largest absolute Gasteiger partial charge is 0.397 e. The van der Waals surface area contributed by atoms with Gasteiger partial charge >= 0.3 is 0 Å². The van der Waals surface area contributed by atoms with Gasteiger partial charge < -0.3 is 4.18 Å². The third-order valence-corrected chi connectivity index (χ3v) is 4.30. The fourth-order valence-corrected chi connectivity index (χ4v) is 3.02. The Morgan fingerprint density at radius 3 is 2.48 bits per heavy atom. The van der Waals surface area contributed by atoms with Crippen LogP contribution in [0.15, 0.2) is 55.1 Å². The maximum Gasteiger partial charge on any atom is 0.260 e. The van der Waals surface area contributed by atoms with E-state index in [4.69, 9.17) is 30.4 Å². The highest BCUT2D eigenvalue weighted by atomic mass is 35.5. The Labute approximate surface area is 177 Å². The lowest BCUT2D eigenvalue weighted by Gasteiger charge is -2.25. The molecule has 0 atom stereocenters. The number of hydroxylamine groups is 2. The summed E-state index contributed by atoms with van der Waals surface area (Å²) >= 11 is 6.99. The molecule has 9 nitrogen and oxygen atoms in total. The second-order valence-corrected chi connectivity index (χ2v) is 6.78. The van der Waals surface area contributed by atoms with Crippen molar-refractivity contribution in [2.24, 2.45) is 0 Å². The highest BCUT2D eigenvalue weighted by Crippen LogP contribution is 2.30. The summed E-state index contributed by atoms with van der Waals surface area (Å²) in [6.45, 7) is 0.483. The fraction of sp³-hybridized carbons (Fsp3) is 0.167. The summed E-state index contributed by atoms with van der Waals surface area (Å²) in [6, 6.07) is 14.8. The van der Waals surface area contributed by atoms with Gasteiger partial charge in [-0.1, -0.05) is 17.7 Å². The molecule has 0 saturated heterocycles. The molecule has 3 aromatic rings. The van der Waals surface area contributed by atoms with Crippen LogP contribution in [0.5, 0.6) is 5.75 Å². The Bertz CT molecular complexity index is 963. The smallest absolute Gasteiger partial charge is 0.260 e. The van der Waals surface area contributed by atoms with E-state index in [0.717, 1.165) is 11.3 Å². The molecule has 29 heavy (non-hydrogen) atoms. The van der Waals surface area contributed by atoms with E-state index < -0.39 is 0 Å². The van der Waals surface area contributed by atoms with Gasteiger partial charge in [-0.3, -0.25) is 5.01 Å². The van der Waals surface area contributed by atoms with Gasteiger partial charge in [0.05, 0.1) is 28.9 Å². The van der Waals surface area contributed by atoms with Crippen molar-refractivity contribution in [3.05, 3.63) is 71.3 Å². The Balaban J connectivity index is 1.74. The van der Waals surface area contributed by atoms with Crippen molar-refractivity contribution in [2.45, 2.75) is 6.54 Å². The zero-order valence-electron chi connectivity index (χ0n) is 15.6. The number of nitrogens with zero attached hydrogens (tertiary/aromatic N) is 6. The van der Waals surface area contributed by atoms with Gasteiger partial charge in [0, 0.05) is 14.1 Å². The highest BCUT2D eigenvalue weighted by molar-refractivity contribution is 7.90. The molecule has 0 aliphatic heterocycles. The van der Waals surface area contributed by atoms with Crippen molar-refractivity contribution >= 4 is 29.6 Å². The fourth-order valence-electron chi connectivity index (χ4n) is 2.34. The van der Waals surface area contributed by atoms with Crippen molar-refractivity contribution in [1.29, 1.82) is 5.26 Å². The zero-order chi connectivity index (χ0) is 20.6. The number of aromatic nitrogens is 3. The predicted octanol–water partition coefficient (Wildman–Crippen LogP) is 3.64. The molecule has 0 spiro atoms. The Hall–Kier alpha value is -2.81. The number of hydrogen-bond donors (Lipinski definition) is 0. The van der Waals surface area contributed by atoms with E-state index in [-0.39, 0.29) is 0 Å². The van der Waals surface area contributed by atoms with Gasteiger partial charge in [-0.25, -0.2) is 4.68 Å². The third kappa shape index (κ3) is 5.83. The highest BCUT2D eigenvalue weighted by Gasteiger charge is 2.12. The van der Waals surface area contributed by atoms with Gasteiger partial charge in [-0.15, -0.1) is 19.5 Å². The quantitative estimate of drug-likeness (QED) is 0.217. The molecule has 0 N–H and O–H groups in total. The molecule has 0 unspecified atom stereocenters. The Morgan fingerprint density at radius 2 is 1.86 bits per heavy atom. The van der Waals surface area contributed by atoms with Crippen molar-refractivity contribution in [3.8, 4) is 11.8 Å². The standard InChI is InChI=1S/C18H17ClN6O3S/c1-23(2)27-28-29-26-18-8-5-15(9-17(18)19)11-25(24-12-21-22-13-24)16-6-3-14(10-20)4-7-16/h3-9,12-13H,11H2,1-2H3. The van der Waals surface area contributed by atoms with Crippen LogP contribution in [0.3, 0.4) is 0 Å². The van der Waals surface area contributed by atoms with E-state index in [1.54, 1.807) is 55.7 Å². The number of nitriles is 1. The van der Waals surface area contributed by atoms with Gasteiger partial charge in [-0.2, -0.15) is 10.3 Å². The van der Waals surface area contributed by atoms with Crippen LogP contribution in [-0.2, 0) is 15.9 Å². The van der Waals surface area contributed by atoms with Crippen LogP contribution in [0.4, 0.5) is 5.69 Å². The minimum Gasteiger partial charge on any atom is -0.397 e.